The van der Waals surface area contributed by atoms with Gasteiger partial charge in [-0.2, -0.15) is 17.4 Å². The average Bonchev–Trinajstić information content (AvgIpc) is 3.32. The summed E-state index contributed by atoms with van der Waals surface area (Å²) in [5.41, 5.74) is 3.45. The van der Waals surface area contributed by atoms with Crippen molar-refractivity contribution in [3.63, 3.8) is 0 Å². The number of hydrogen-bond acceptors (Lipinski definition) is 6. The highest BCUT2D eigenvalue weighted by atomic mass is 35.5. The molecule has 0 aliphatic carbocycles. The second-order valence-corrected chi connectivity index (χ2v) is 12.3. The number of pyridine rings is 1. The maximum atomic E-state index is 13.4. The van der Waals surface area contributed by atoms with E-state index in [1.807, 2.05) is 54.6 Å². The van der Waals surface area contributed by atoms with Gasteiger partial charge in [0.25, 0.3) is 10.2 Å². The molecule has 0 bridgehead atoms. The zero-order chi connectivity index (χ0) is 26.0. The number of nitrogens with one attached hydrogen (secondary N) is 1. The molecule has 1 saturated heterocycles. The molecule has 0 radical (unpaired) electrons. The summed E-state index contributed by atoms with van der Waals surface area (Å²) < 4.78 is 37.4. The van der Waals surface area contributed by atoms with Crippen LogP contribution in [0.25, 0.3) is 21.3 Å². The van der Waals surface area contributed by atoms with Crippen molar-refractivity contribution in [1.82, 2.24) is 14.0 Å². The molecule has 10 heteroatoms. The second kappa shape index (κ2) is 11.2. The van der Waals surface area contributed by atoms with Crippen molar-refractivity contribution in [2.75, 3.05) is 26.3 Å². The van der Waals surface area contributed by atoms with E-state index in [2.05, 4.69) is 9.71 Å². The van der Waals surface area contributed by atoms with Crippen molar-refractivity contribution in [2.45, 2.75) is 25.5 Å². The first-order valence-corrected chi connectivity index (χ1v) is 14.7. The summed E-state index contributed by atoms with van der Waals surface area (Å²) in [6.07, 6.45) is 1.85. The molecule has 37 heavy (non-hydrogen) atoms. The zero-order valence-electron chi connectivity index (χ0n) is 20.3. The van der Waals surface area contributed by atoms with Crippen LogP contribution in [0, 0.1) is 0 Å². The molecule has 4 aromatic rings. The molecular weight excluding hydrogens is 530 g/mol. The molecule has 0 spiro atoms. The van der Waals surface area contributed by atoms with E-state index in [-0.39, 0.29) is 0 Å². The summed E-state index contributed by atoms with van der Waals surface area (Å²) in [7, 11) is -3.80. The minimum absolute atomic E-state index is 0.301. The van der Waals surface area contributed by atoms with E-state index < -0.39 is 22.4 Å². The Morgan fingerprint density at radius 3 is 2.68 bits per heavy atom. The summed E-state index contributed by atoms with van der Waals surface area (Å²) in [5, 5.41) is 11.3. The molecule has 2 N–H and O–H groups in total. The number of rotatable bonds is 8. The summed E-state index contributed by atoms with van der Waals surface area (Å²) in [4.78, 5) is 5.41. The van der Waals surface area contributed by atoms with Gasteiger partial charge in [-0.3, -0.25) is 4.98 Å². The van der Waals surface area contributed by atoms with E-state index in [1.54, 1.807) is 19.2 Å². The maximum Gasteiger partial charge on any atom is 0.280 e. The minimum Gasteiger partial charge on any atom is -0.393 e. The quantitative estimate of drug-likeness (QED) is 0.325. The highest BCUT2D eigenvalue weighted by Gasteiger charge is 2.30. The van der Waals surface area contributed by atoms with Gasteiger partial charge in [0.2, 0.25) is 0 Å². The first kappa shape index (κ1) is 26.2. The van der Waals surface area contributed by atoms with Crippen LogP contribution in [0.15, 0.2) is 66.9 Å². The third-order valence-electron chi connectivity index (χ3n) is 6.27. The lowest BCUT2D eigenvalue weighted by atomic mass is 10.0. The largest absolute Gasteiger partial charge is 0.393 e. The summed E-state index contributed by atoms with van der Waals surface area (Å²) in [6, 6.07) is 18.5. The molecule has 2 unspecified atom stereocenters. The fourth-order valence-electron chi connectivity index (χ4n) is 4.51. The van der Waals surface area contributed by atoms with Gasteiger partial charge in [0.15, 0.2) is 0 Å². The van der Waals surface area contributed by atoms with Gasteiger partial charge < -0.3 is 9.84 Å². The highest BCUT2D eigenvalue weighted by Crippen LogP contribution is 2.40. The van der Waals surface area contributed by atoms with Gasteiger partial charge in [-0.25, -0.2) is 0 Å². The summed E-state index contributed by atoms with van der Waals surface area (Å²) in [6.45, 7) is 3.10. The van der Waals surface area contributed by atoms with Gasteiger partial charge in [-0.1, -0.05) is 48.0 Å². The van der Waals surface area contributed by atoms with Crippen LogP contribution in [-0.4, -0.2) is 55.2 Å². The predicted molar refractivity (Wildman–Crippen MR) is 148 cm³/mol. The minimum atomic E-state index is -3.80. The van der Waals surface area contributed by atoms with Gasteiger partial charge in [-0.15, -0.1) is 11.3 Å². The Balaban J connectivity index is 1.58. The fraction of sp³-hybridized carbons (Fsp3) is 0.296. The van der Waals surface area contributed by atoms with Crippen molar-refractivity contribution in [1.29, 1.82) is 0 Å². The topological polar surface area (TPSA) is 91.8 Å². The maximum absolute atomic E-state index is 13.4. The second-order valence-electron chi connectivity index (χ2n) is 9.06. The standard InChI is InChI=1S/C27H28ClN3O4S2/c1-18(32)15-19-9-10-29-24(16-19)22-7-4-5-20-17-25(36-27(20)22)26(21-6-2-3-8-23(21)28)30-37(33,34)31-11-13-35-14-12-31/h2-10,16-18,26,30,32H,11-15H2,1H3. The molecule has 7 nitrogen and oxygen atoms in total. The number of ether oxygens (including phenoxy) is 1. The number of aliphatic hydroxyl groups excluding tert-OH is 1. The van der Waals surface area contributed by atoms with Crippen molar-refractivity contribution >= 4 is 43.2 Å². The Hall–Kier alpha value is -2.37. The Bertz CT molecular complexity index is 1500. The van der Waals surface area contributed by atoms with Crippen LogP contribution in [0.3, 0.4) is 0 Å². The fourth-order valence-corrected chi connectivity index (χ4v) is 7.41. The van der Waals surface area contributed by atoms with E-state index in [0.717, 1.165) is 31.8 Å². The molecule has 0 saturated carbocycles. The van der Waals surface area contributed by atoms with Crippen LogP contribution >= 0.6 is 22.9 Å². The molecule has 1 aliphatic heterocycles. The first-order valence-electron chi connectivity index (χ1n) is 12.1. The normalized spacial score (nSPS) is 16.6. The van der Waals surface area contributed by atoms with Gasteiger partial charge in [0.05, 0.1) is 31.1 Å². The zero-order valence-corrected chi connectivity index (χ0v) is 22.7. The van der Waals surface area contributed by atoms with Crippen molar-refractivity contribution < 1.29 is 18.3 Å². The van der Waals surface area contributed by atoms with Gasteiger partial charge >= 0.3 is 0 Å². The number of nitrogens with zero attached hydrogens (tertiary/aromatic N) is 2. The number of hydrogen-bond donors (Lipinski definition) is 2. The van der Waals surface area contributed by atoms with Gasteiger partial charge in [-0.05, 0) is 54.1 Å². The number of morpholine rings is 1. The lowest BCUT2D eigenvalue weighted by Crippen LogP contribution is -2.47. The van der Waals surface area contributed by atoms with Crippen LogP contribution in [0.1, 0.15) is 29.0 Å². The van der Waals surface area contributed by atoms with Crippen LogP contribution in [0.4, 0.5) is 0 Å². The van der Waals surface area contributed by atoms with Gasteiger partial charge in [0.1, 0.15) is 0 Å². The number of fused-ring (bicyclic) bond motifs is 1. The predicted octanol–water partition coefficient (Wildman–Crippen LogP) is 4.80. The summed E-state index contributed by atoms with van der Waals surface area (Å²) in [5.74, 6) is 0. The number of thiophene rings is 1. The Labute approximate surface area is 225 Å². The van der Waals surface area contributed by atoms with Crippen LogP contribution < -0.4 is 4.72 Å². The third-order valence-corrected chi connectivity index (χ3v) is 9.44. The monoisotopic (exact) mass is 557 g/mol. The summed E-state index contributed by atoms with van der Waals surface area (Å²) >= 11 is 8.09. The first-order chi connectivity index (χ1) is 17.8. The van der Waals surface area contributed by atoms with Crippen LogP contribution in [0.5, 0.6) is 0 Å². The molecule has 5 rings (SSSR count). The van der Waals surface area contributed by atoms with Crippen LogP contribution in [0.2, 0.25) is 5.02 Å². The van der Waals surface area contributed by atoms with Crippen LogP contribution in [-0.2, 0) is 21.4 Å². The average molecular weight is 558 g/mol. The molecule has 0 amide bonds. The third kappa shape index (κ3) is 5.88. The Morgan fingerprint density at radius 2 is 1.92 bits per heavy atom. The smallest absolute Gasteiger partial charge is 0.280 e. The number of aromatic nitrogens is 1. The van der Waals surface area contributed by atoms with Crippen molar-refractivity contribution in [2.24, 2.45) is 0 Å². The Morgan fingerprint density at radius 1 is 1.14 bits per heavy atom. The van der Waals surface area contributed by atoms with Crippen molar-refractivity contribution in [3.05, 3.63) is 87.9 Å². The van der Waals surface area contributed by atoms with E-state index in [0.29, 0.717) is 43.3 Å². The molecule has 194 valence electrons. The lowest BCUT2D eigenvalue weighted by Gasteiger charge is -2.28. The molecule has 2 aromatic heterocycles. The van der Waals surface area contributed by atoms with E-state index in [9.17, 15) is 13.5 Å². The lowest BCUT2D eigenvalue weighted by molar-refractivity contribution is 0.0724. The molecule has 3 heterocycles. The number of benzene rings is 2. The molecule has 1 aliphatic rings. The number of aliphatic hydroxyl groups is 1. The van der Waals surface area contributed by atoms with Crippen molar-refractivity contribution in [3.8, 4) is 11.3 Å². The molecular formula is C27H28ClN3O4S2. The molecule has 1 fully saturated rings. The van der Waals surface area contributed by atoms with Gasteiger partial charge in [0, 0.05) is 39.4 Å². The van der Waals surface area contributed by atoms with E-state index in [1.165, 1.54) is 15.6 Å². The van der Waals surface area contributed by atoms with E-state index in [4.69, 9.17) is 16.3 Å². The highest BCUT2D eigenvalue weighted by molar-refractivity contribution is 7.87. The van der Waals surface area contributed by atoms with E-state index >= 15 is 0 Å². The SMILES string of the molecule is CC(O)Cc1ccnc(-c2cccc3cc(C(NS(=O)(=O)N4CCOCC4)c4ccccc4Cl)sc23)c1. The Kier molecular flexibility index (Phi) is 7.92. The number of halogens is 1. The molecule has 2 atom stereocenters. The molecule has 2 aromatic carbocycles.